The van der Waals surface area contributed by atoms with Crippen molar-refractivity contribution in [3.05, 3.63) is 58.1 Å². The van der Waals surface area contributed by atoms with Crippen LogP contribution in [0.1, 0.15) is 86.6 Å². The van der Waals surface area contributed by atoms with Crippen LogP contribution < -0.4 is 26.2 Å². The molecule has 2 aromatic rings. The lowest BCUT2D eigenvalue weighted by molar-refractivity contribution is -0.139. The number of hydrogen-bond donors (Lipinski definition) is 5. The van der Waals surface area contributed by atoms with Gasteiger partial charge in [-0.15, -0.1) is 0 Å². The van der Waals surface area contributed by atoms with E-state index < -0.39 is 33.7 Å². The van der Waals surface area contributed by atoms with Crippen molar-refractivity contribution >= 4 is 28.0 Å². The number of carboxylic acids is 1. The molecule has 1 heterocycles. The number of rotatable bonds is 10. The number of nitrogens with two attached hydrogens (primary N) is 2. The summed E-state index contributed by atoms with van der Waals surface area (Å²) in [5, 5.41) is 11.8. The Morgan fingerprint density at radius 3 is 2.33 bits per heavy atom. The van der Waals surface area contributed by atoms with E-state index in [0.29, 0.717) is 23.6 Å². The van der Waals surface area contributed by atoms with Gasteiger partial charge in [0, 0.05) is 24.6 Å². The van der Waals surface area contributed by atoms with E-state index in [9.17, 15) is 23.1 Å². The normalized spacial score (nSPS) is 16.7. The molecular formula is C33H49N5O7S. The molecule has 7 N–H and O–H groups in total. The number of benzene rings is 2. The fourth-order valence-corrected chi connectivity index (χ4v) is 7.19. The van der Waals surface area contributed by atoms with E-state index in [0.717, 1.165) is 22.4 Å². The number of nitrogens with zero attached hydrogens (tertiary/aromatic N) is 1. The number of guanidine groups is 1. The molecule has 254 valence electrons. The summed E-state index contributed by atoms with van der Waals surface area (Å²) in [6, 6.07) is 8.32. The highest BCUT2D eigenvalue weighted by molar-refractivity contribution is 7.90. The second-order valence-corrected chi connectivity index (χ2v) is 14.2. The van der Waals surface area contributed by atoms with E-state index in [1.165, 1.54) is 32.1 Å². The minimum atomic E-state index is -4.04. The van der Waals surface area contributed by atoms with E-state index in [1.807, 2.05) is 26.8 Å². The third-order valence-electron chi connectivity index (χ3n) is 8.19. The van der Waals surface area contributed by atoms with Crippen LogP contribution in [0.25, 0.3) is 0 Å². The van der Waals surface area contributed by atoms with Crippen LogP contribution >= 0.6 is 0 Å². The Morgan fingerprint density at radius 1 is 1.09 bits per heavy atom. The van der Waals surface area contributed by atoms with E-state index >= 15 is 0 Å². The van der Waals surface area contributed by atoms with Crippen molar-refractivity contribution in [1.29, 1.82) is 0 Å². The number of carbonyl (C=O) groups excluding carboxylic acids is 1. The molecule has 1 saturated carbocycles. The van der Waals surface area contributed by atoms with Gasteiger partial charge in [0.25, 0.3) is 10.0 Å². The molecule has 0 aromatic heterocycles. The van der Waals surface area contributed by atoms with Crippen LogP contribution in [0, 0.1) is 20.8 Å². The van der Waals surface area contributed by atoms with Crippen molar-refractivity contribution in [1.82, 2.24) is 10.0 Å². The van der Waals surface area contributed by atoms with Crippen LogP contribution in [-0.4, -0.2) is 55.8 Å². The predicted octanol–water partition coefficient (Wildman–Crippen LogP) is 4.36. The number of amides is 1. The molecule has 13 heteroatoms. The van der Waals surface area contributed by atoms with Crippen LogP contribution in [0.4, 0.5) is 4.79 Å². The topological polar surface area (TPSA) is 195 Å². The second kappa shape index (κ2) is 16.1. The van der Waals surface area contributed by atoms with Crippen LogP contribution in [0.3, 0.4) is 0 Å². The first kappa shape index (κ1) is 36.6. The lowest BCUT2D eigenvalue weighted by atomic mass is 9.94. The maximum Gasteiger partial charge on any atom is 0.408 e. The molecule has 1 aliphatic heterocycles. The molecule has 1 fully saturated rings. The zero-order chi connectivity index (χ0) is 34.1. The highest BCUT2D eigenvalue weighted by Crippen LogP contribution is 2.43. The van der Waals surface area contributed by atoms with Gasteiger partial charge in [-0.1, -0.05) is 49.6 Å². The van der Waals surface area contributed by atoms with Crippen molar-refractivity contribution in [3.63, 3.8) is 0 Å². The Bertz CT molecular complexity index is 1500. The monoisotopic (exact) mass is 659 g/mol. The van der Waals surface area contributed by atoms with Gasteiger partial charge in [-0.05, 0) is 82.6 Å². The maximum atomic E-state index is 13.3. The highest BCUT2D eigenvalue weighted by atomic mass is 32.2. The first-order valence-electron chi connectivity index (χ1n) is 15.7. The molecule has 1 aliphatic carbocycles. The van der Waals surface area contributed by atoms with Crippen molar-refractivity contribution in [2.45, 2.75) is 115 Å². The summed E-state index contributed by atoms with van der Waals surface area (Å²) in [5.41, 5.74) is 14.6. The van der Waals surface area contributed by atoms with Crippen molar-refractivity contribution in [2.75, 3.05) is 6.54 Å². The zero-order valence-corrected chi connectivity index (χ0v) is 28.3. The number of alkyl carbamates (subject to hydrolysis) is 1. The minimum Gasteiger partial charge on any atom is -0.487 e. The quantitative estimate of drug-likeness (QED) is 0.140. The Balaban J connectivity index is 0.000000724. The molecule has 0 saturated heterocycles. The lowest BCUT2D eigenvalue weighted by Crippen LogP contribution is -2.41. The minimum absolute atomic E-state index is 0.00740. The fraction of sp³-hybridized carbons (Fsp3) is 0.545. The average Bonchev–Trinajstić information content (AvgIpc) is 3.33. The summed E-state index contributed by atoms with van der Waals surface area (Å²) in [6.45, 7) is 9.27. The summed E-state index contributed by atoms with van der Waals surface area (Å²) in [6.07, 6.45) is 6.65. The molecule has 0 bridgehead atoms. The standard InChI is InChI=1S/C27H36N4O7S.C6H13N/c1-16-17(2)23(18(3)20-14-27(4,5)38-22(16)20)39(35,36)31-25(28)29-13-9-12-21(24(32)33)30-26(34)37-15-19-10-7-6-8-11-19;7-6-4-2-1-3-5-6/h6-8,10-11,21H,9,12-15H2,1-5H3,(H,30,34)(H,32,33)(H3,28,29,31);6H,1-5,7H2. The Hall–Kier alpha value is -3.84. The molecule has 1 amide bonds. The van der Waals surface area contributed by atoms with Gasteiger partial charge in [0.2, 0.25) is 5.96 Å². The van der Waals surface area contributed by atoms with Crippen LogP contribution in [-0.2, 0) is 32.6 Å². The largest absolute Gasteiger partial charge is 0.487 e. The molecular weight excluding hydrogens is 610 g/mol. The number of ether oxygens (including phenoxy) is 2. The molecule has 1 atom stereocenters. The third-order valence-corrected chi connectivity index (χ3v) is 9.81. The summed E-state index contributed by atoms with van der Waals surface area (Å²) in [4.78, 5) is 27.8. The van der Waals surface area contributed by atoms with Gasteiger partial charge in [-0.3, -0.25) is 4.99 Å². The van der Waals surface area contributed by atoms with Crippen LogP contribution in [0.2, 0.25) is 0 Å². The molecule has 1 unspecified atom stereocenters. The van der Waals surface area contributed by atoms with Gasteiger partial charge >= 0.3 is 12.1 Å². The van der Waals surface area contributed by atoms with Crippen molar-refractivity contribution in [2.24, 2.45) is 16.5 Å². The predicted molar refractivity (Wildman–Crippen MR) is 177 cm³/mol. The van der Waals surface area contributed by atoms with Gasteiger partial charge in [-0.2, -0.15) is 0 Å². The first-order chi connectivity index (χ1) is 21.6. The summed E-state index contributed by atoms with van der Waals surface area (Å²) < 4.78 is 40.0. The molecule has 2 aromatic carbocycles. The maximum absolute atomic E-state index is 13.3. The van der Waals surface area contributed by atoms with E-state index in [2.05, 4.69) is 15.0 Å². The van der Waals surface area contributed by atoms with Gasteiger partial charge in [0.05, 0.1) is 4.90 Å². The van der Waals surface area contributed by atoms with Crippen LogP contribution in [0.5, 0.6) is 5.75 Å². The highest BCUT2D eigenvalue weighted by Gasteiger charge is 2.36. The number of hydrogen-bond acceptors (Lipinski definition) is 8. The average molecular weight is 660 g/mol. The Labute approximate surface area is 272 Å². The summed E-state index contributed by atoms with van der Waals surface area (Å²) in [5.74, 6) is -0.818. The number of nitrogens with one attached hydrogen (secondary N) is 2. The molecule has 0 spiro atoms. The molecule has 4 rings (SSSR count). The Morgan fingerprint density at radius 2 is 1.74 bits per heavy atom. The number of carbonyl (C=O) groups is 2. The first-order valence-corrected chi connectivity index (χ1v) is 17.2. The third kappa shape index (κ3) is 10.3. The zero-order valence-electron chi connectivity index (χ0n) is 27.5. The molecule has 2 aliphatic rings. The van der Waals surface area contributed by atoms with E-state index in [1.54, 1.807) is 38.1 Å². The number of carboxylic acid groups (broad SMARTS) is 1. The number of aliphatic carboxylic acids is 1. The van der Waals surface area contributed by atoms with Gasteiger partial charge < -0.3 is 31.4 Å². The summed E-state index contributed by atoms with van der Waals surface area (Å²) in [7, 11) is -4.04. The fourth-order valence-electron chi connectivity index (χ4n) is 5.66. The SMILES string of the molecule is Cc1c(C)c(S(=O)(=O)NC(N)=NCCCC(NC(=O)OCc2ccccc2)C(=O)O)c(C)c2c1OC(C)(C)C2.NC1CCCCC1. The van der Waals surface area contributed by atoms with Gasteiger partial charge in [-0.25, -0.2) is 22.7 Å². The number of sulfonamides is 1. The van der Waals surface area contributed by atoms with Crippen molar-refractivity contribution in [3.8, 4) is 5.75 Å². The van der Waals surface area contributed by atoms with Gasteiger partial charge in [0.1, 0.15) is 24.0 Å². The summed E-state index contributed by atoms with van der Waals surface area (Å²) >= 11 is 0. The van der Waals surface area contributed by atoms with Crippen molar-refractivity contribution < 1.29 is 32.6 Å². The van der Waals surface area contributed by atoms with E-state index in [-0.39, 0.29) is 36.8 Å². The number of aliphatic imine (C=N–C) groups is 1. The van der Waals surface area contributed by atoms with E-state index in [4.69, 9.17) is 20.9 Å². The molecule has 12 nitrogen and oxygen atoms in total. The number of fused-ring (bicyclic) bond motifs is 1. The lowest BCUT2D eigenvalue weighted by Gasteiger charge is -2.19. The molecule has 0 radical (unpaired) electrons. The smallest absolute Gasteiger partial charge is 0.408 e. The Kier molecular flexibility index (Phi) is 12.8. The van der Waals surface area contributed by atoms with Gasteiger partial charge in [0.15, 0.2) is 0 Å². The second-order valence-electron chi connectivity index (χ2n) is 12.6. The molecule has 46 heavy (non-hydrogen) atoms. The van der Waals surface area contributed by atoms with Crippen LogP contribution in [0.15, 0.2) is 40.2 Å².